The third-order valence-corrected chi connectivity index (χ3v) is 9.54. The zero-order valence-corrected chi connectivity index (χ0v) is 21.7. The minimum atomic E-state index is -0.410. The van der Waals surface area contributed by atoms with E-state index in [-0.39, 0.29) is 18.0 Å². The summed E-state index contributed by atoms with van der Waals surface area (Å²) in [6.45, 7) is 2.62. The van der Waals surface area contributed by atoms with Crippen molar-refractivity contribution < 1.29 is 9.18 Å². The second kappa shape index (κ2) is 8.06. The second-order valence-electron chi connectivity index (χ2n) is 11.9. The minimum Gasteiger partial charge on any atom is -0.385 e. The van der Waals surface area contributed by atoms with Gasteiger partial charge in [0.05, 0.1) is 16.7 Å². The molecule has 0 spiro atoms. The number of aryl methyl sites for hydroxylation is 2. The highest BCUT2D eigenvalue weighted by Crippen LogP contribution is 2.41. The zero-order chi connectivity index (χ0) is 25.7. The molecular weight excluding hydrogens is 479 g/mol. The van der Waals surface area contributed by atoms with Crippen molar-refractivity contribution in [1.82, 2.24) is 19.0 Å². The lowest BCUT2D eigenvalue weighted by molar-refractivity contribution is 0.0700. The van der Waals surface area contributed by atoms with Gasteiger partial charge in [-0.25, -0.2) is 9.37 Å². The lowest BCUT2D eigenvalue weighted by Crippen LogP contribution is -2.41. The van der Waals surface area contributed by atoms with Gasteiger partial charge in [-0.15, -0.1) is 0 Å². The second-order valence-corrected chi connectivity index (χ2v) is 11.9. The summed E-state index contributed by atoms with van der Waals surface area (Å²) in [5, 5.41) is 4.77. The molecule has 2 aromatic heterocycles. The molecule has 3 atom stereocenters. The van der Waals surface area contributed by atoms with Crippen LogP contribution < -0.4 is 11.1 Å². The molecule has 4 heterocycles. The highest BCUT2D eigenvalue weighted by atomic mass is 19.1. The summed E-state index contributed by atoms with van der Waals surface area (Å²) in [4.78, 5) is 20.3. The van der Waals surface area contributed by atoms with Gasteiger partial charge in [-0.2, -0.15) is 0 Å². The Bertz CT molecular complexity index is 1630. The van der Waals surface area contributed by atoms with Crippen LogP contribution in [-0.4, -0.2) is 50.1 Å². The van der Waals surface area contributed by atoms with Crippen LogP contribution in [0.4, 0.5) is 10.1 Å². The standard InChI is InChI=1S/C30H33FN6O/c1-35-28-21(31)11-19(30(38)37-15-18-7-9-24(37)26(18)32)12-23(28)34-29(35)25-13-17-6-8-22-20(3-2-10-33-22)27(17)36(25)14-16-4-5-16/h6,8,11-13,16,18,24,26,33H,2-5,7,9-10,14-15,32H2,1H3/t18-,24-,26-/m1/s1. The monoisotopic (exact) mass is 512 g/mol. The van der Waals surface area contributed by atoms with Gasteiger partial charge in [0.1, 0.15) is 11.3 Å². The first-order chi connectivity index (χ1) is 18.5. The molecule has 2 aliphatic heterocycles. The summed E-state index contributed by atoms with van der Waals surface area (Å²) in [5.74, 6) is 1.22. The van der Waals surface area contributed by atoms with E-state index in [2.05, 4.69) is 28.1 Å². The molecule has 1 amide bonds. The van der Waals surface area contributed by atoms with E-state index >= 15 is 4.39 Å². The number of rotatable bonds is 4. The van der Waals surface area contributed by atoms with Gasteiger partial charge in [-0.3, -0.25) is 4.79 Å². The van der Waals surface area contributed by atoms with Crippen molar-refractivity contribution in [2.45, 2.75) is 57.2 Å². The van der Waals surface area contributed by atoms with Crippen LogP contribution in [0.1, 0.15) is 48.0 Å². The lowest BCUT2D eigenvalue weighted by Gasteiger charge is -2.27. The molecule has 2 aromatic carbocycles. The smallest absolute Gasteiger partial charge is 0.254 e. The Morgan fingerprint density at radius 2 is 2.03 bits per heavy atom. The first-order valence-electron chi connectivity index (χ1n) is 14.1. The third kappa shape index (κ3) is 3.22. The lowest BCUT2D eigenvalue weighted by atomic mass is 10.0. The third-order valence-electron chi connectivity index (χ3n) is 9.54. The SMILES string of the molecule is Cn1c(-c2cc3ccc4c(c3n2CC2CC2)CCCN4)nc2cc(C(=O)N3C[C@H]4CC[C@@H]3[C@@H]4N)cc(F)c21. The number of likely N-dealkylation sites (tertiary alicyclic amines) is 1. The molecule has 8 rings (SSSR count). The molecule has 3 N–H and O–H groups in total. The quantitative estimate of drug-likeness (QED) is 0.417. The number of nitrogens with two attached hydrogens (primary N) is 1. The van der Waals surface area contributed by atoms with Crippen molar-refractivity contribution in [3.05, 3.63) is 47.3 Å². The summed E-state index contributed by atoms with van der Waals surface area (Å²) in [5.41, 5.74) is 12.5. The van der Waals surface area contributed by atoms with Crippen molar-refractivity contribution >= 4 is 33.5 Å². The van der Waals surface area contributed by atoms with E-state index in [1.165, 1.54) is 41.1 Å². The Hall–Kier alpha value is -3.39. The molecule has 4 aliphatic rings. The van der Waals surface area contributed by atoms with Crippen LogP contribution in [0, 0.1) is 17.7 Å². The van der Waals surface area contributed by atoms with Crippen LogP contribution in [0.2, 0.25) is 0 Å². The maximum Gasteiger partial charge on any atom is 0.254 e. The fraction of sp³-hybridized carbons (Fsp3) is 0.467. The van der Waals surface area contributed by atoms with Gasteiger partial charge >= 0.3 is 0 Å². The topological polar surface area (TPSA) is 81.1 Å². The van der Waals surface area contributed by atoms with Gasteiger partial charge in [0.15, 0.2) is 5.82 Å². The number of fused-ring (bicyclic) bond motifs is 6. The summed E-state index contributed by atoms with van der Waals surface area (Å²) in [6, 6.07) is 9.82. The number of nitrogens with zero attached hydrogens (tertiary/aromatic N) is 4. The normalized spacial score (nSPS) is 24.4. The van der Waals surface area contributed by atoms with Crippen LogP contribution in [0.15, 0.2) is 30.3 Å². The van der Waals surface area contributed by atoms with Crippen molar-refractivity contribution in [2.24, 2.45) is 24.6 Å². The minimum absolute atomic E-state index is 0.0308. The molecule has 2 aliphatic carbocycles. The number of carbonyl (C=O) groups excluding carboxylic acids is 1. The number of anilines is 1. The first kappa shape index (κ1) is 22.6. The van der Waals surface area contributed by atoms with E-state index in [0.717, 1.165) is 50.3 Å². The predicted octanol–water partition coefficient (Wildman–Crippen LogP) is 4.66. The van der Waals surface area contributed by atoms with Crippen molar-refractivity contribution in [2.75, 3.05) is 18.4 Å². The number of hydrogen-bond donors (Lipinski definition) is 2. The number of benzene rings is 2. The number of piperidine rings is 1. The van der Waals surface area contributed by atoms with Crippen LogP contribution in [0.5, 0.6) is 0 Å². The van der Waals surface area contributed by atoms with Gasteiger partial charge < -0.3 is 25.1 Å². The molecule has 7 nitrogen and oxygen atoms in total. The van der Waals surface area contributed by atoms with Gasteiger partial charge in [0, 0.05) is 55.4 Å². The van der Waals surface area contributed by atoms with Crippen molar-refractivity contribution in [3.63, 3.8) is 0 Å². The Morgan fingerprint density at radius 3 is 2.79 bits per heavy atom. The maximum absolute atomic E-state index is 15.6. The number of aromatic nitrogens is 3. The predicted molar refractivity (Wildman–Crippen MR) is 147 cm³/mol. The van der Waals surface area contributed by atoms with Crippen LogP contribution >= 0.6 is 0 Å². The number of hydrogen-bond acceptors (Lipinski definition) is 4. The van der Waals surface area contributed by atoms with E-state index in [1.807, 2.05) is 16.5 Å². The van der Waals surface area contributed by atoms with Gasteiger partial charge in [0.25, 0.3) is 5.91 Å². The Balaban J connectivity index is 1.26. The summed E-state index contributed by atoms with van der Waals surface area (Å²) in [6.07, 6.45) is 6.67. The van der Waals surface area contributed by atoms with E-state index in [4.69, 9.17) is 10.7 Å². The highest BCUT2D eigenvalue weighted by Gasteiger charge is 2.47. The van der Waals surface area contributed by atoms with Crippen molar-refractivity contribution in [3.8, 4) is 11.5 Å². The fourth-order valence-corrected chi connectivity index (χ4v) is 7.37. The molecule has 2 bridgehead atoms. The molecule has 196 valence electrons. The average molecular weight is 513 g/mol. The molecule has 2 saturated carbocycles. The molecule has 3 fully saturated rings. The Labute approximate surface area is 220 Å². The molecule has 1 saturated heterocycles. The van der Waals surface area contributed by atoms with E-state index in [0.29, 0.717) is 35.0 Å². The largest absolute Gasteiger partial charge is 0.385 e. The molecule has 4 aromatic rings. The highest BCUT2D eigenvalue weighted by molar-refractivity contribution is 5.99. The van der Waals surface area contributed by atoms with Crippen molar-refractivity contribution in [1.29, 1.82) is 0 Å². The number of carbonyl (C=O) groups is 1. The van der Waals surface area contributed by atoms with Crippen LogP contribution in [0.3, 0.4) is 0 Å². The van der Waals surface area contributed by atoms with E-state index in [1.54, 1.807) is 6.07 Å². The molecule has 8 heteroatoms. The van der Waals surface area contributed by atoms with Gasteiger partial charge in [-0.1, -0.05) is 6.07 Å². The summed E-state index contributed by atoms with van der Waals surface area (Å²) >= 11 is 0. The number of imidazole rings is 1. The average Bonchev–Trinajstić information content (AvgIpc) is 3.30. The van der Waals surface area contributed by atoms with E-state index < -0.39 is 5.82 Å². The molecule has 0 unspecified atom stereocenters. The van der Waals surface area contributed by atoms with Gasteiger partial charge in [-0.05, 0) is 80.2 Å². The van der Waals surface area contributed by atoms with Gasteiger partial charge in [0.2, 0.25) is 0 Å². The fourth-order valence-electron chi connectivity index (χ4n) is 7.37. The number of amides is 1. The first-order valence-corrected chi connectivity index (χ1v) is 14.1. The maximum atomic E-state index is 15.6. The molecule has 38 heavy (non-hydrogen) atoms. The Morgan fingerprint density at radius 1 is 1.16 bits per heavy atom. The van der Waals surface area contributed by atoms with Crippen LogP contribution in [-0.2, 0) is 20.0 Å². The summed E-state index contributed by atoms with van der Waals surface area (Å²) in [7, 11) is 1.88. The number of nitrogens with one attached hydrogen (secondary N) is 1. The number of halogens is 1. The molecule has 0 radical (unpaired) electrons. The van der Waals surface area contributed by atoms with E-state index in [9.17, 15) is 4.79 Å². The molecular formula is C30H33FN6O. The summed E-state index contributed by atoms with van der Waals surface area (Å²) < 4.78 is 19.9. The van der Waals surface area contributed by atoms with Crippen LogP contribution in [0.25, 0.3) is 33.5 Å². The zero-order valence-electron chi connectivity index (χ0n) is 21.7. The Kier molecular flexibility index (Phi) is 4.79.